The van der Waals surface area contributed by atoms with Crippen LogP contribution in [0.4, 0.5) is 5.82 Å². The molecule has 198 valence electrons. The Hall–Kier alpha value is -2.82. The first kappa shape index (κ1) is 25.8. The van der Waals surface area contributed by atoms with E-state index in [4.69, 9.17) is 13.9 Å². The third-order valence-electron chi connectivity index (χ3n) is 7.92. The quantitative estimate of drug-likeness (QED) is 0.353. The minimum Gasteiger partial charge on any atom is -0.458 e. The molecule has 9 nitrogen and oxygen atoms in total. The van der Waals surface area contributed by atoms with E-state index in [0.717, 1.165) is 12.8 Å². The Morgan fingerprint density at radius 1 is 1.16 bits per heavy atom. The van der Waals surface area contributed by atoms with Gasteiger partial charge in [-0.25, -0.2) is 15.0 Å². The van der Waals surface area contributed by atoms with Crippen molar-refractivity contribution in [3.8, 4) is 0 Å². The van der Waals surface area contributed by atoms with E-state index in [-0.39, 0.29) is 23.2 Å². The van der Waals surface area contributed by atoms with Crippen LogP contribution in [0.1, 0.15) is 51.5 Å². The van der Waals surface area contributed by atoms with Crippen molar-refractivity contribution in [2.45, 2.75) is 89.6 Å². The van der Waals surface area contributed by atoms with Crippen molar-refractivity contribution >= 4 is 31.3 Å². The highest BCUT2D eigenvalue weighted by Gasteiger charge is 2.43. The van der Waals surface area contributed by atoms with E-state index in [0.29, 0.717) is 30.0 Å². The molecule has 3 atom stereocenters. The summed E-state index contributed by atoms with van der Waals surface area (Å²) in [5.41, 5.74) is 4.04. The first-order valence-electron chi connectivity index (χ1n) is 13.0. The number of nitrogens with zero attached hydrogens (tertiary/aromatic N) is 4. The Labute approximate surface area is 219 Å². The number of fused-ring (bicyclic) bond motifs is 2. The number of hydrogen-bond donors (Lipinski definition) is 1. The molecule has 1 saturated heterocycles. The average Bonchev–Trinajstić information content (AvgIpc) is 3.53. The summed E-state index contributed by atoms with van der Waals surface area (Å²) >= 11 is 0. The Bertz CT molecular complexity index is 1260. The molecule has 2 aliphatic rings. The fraction of sp³-hybridized carbons (Fsp3) is 0.556. The van der Waals surface area contributed by atoms with Gasteiger partial charge in [-0.3, -0.25) is 9.36 Å². The molecule has 10 heteroatoms. The van der Waals surface area contributed by atoms with Crippen LogP contribution in [0.15, 0.2) is 36.9 Å². The van der Waals surface area contributed by atoms with Crippen LogP contribution in [-0.2, 0) is 31.5 Å². The molecule has 1 N–H and O–H groups in total. The molecule has 3 heterocycles. The standard InChI is InChI=1S/C27H37N5O4Si/c1-17(33)35-22-13-21(14-34-37(5,6)27(2,3)4)36-26(22)32-16-30-23-24(28-15-29-25(23)32)31-20-11-18-9-7-8-10-19(18)12-20/h7-10,15-16,20-22,26H,11-14H2,1-6H3,(H,28,29,31)/t21-,22+,26+/m0/s1. The Morgan fingerprint density at radius 3 is 2.51 bits per heavy atom. The van der Waals surface area contributed by atoms with E-state index in [2.05, 4.69) is 78.4 Å². The van der Waals surface area contributed by atoms with Gasteiger partial charge in [-0.15, -0.1) is 0 Å². The minimum absolute atomic E-state index is 0.0991. The van der Waals surface area contributed by atoms with Gasteiger partial charge in [0.15, 0.2) is 31.5 Å². The third kappa shape index (κ3) is 5.28. The zero-order valence-electron chi connectivity index (χ0n) is 22.5. The first-order chi connectivity index (χ1) is 17.5. The lowest BCUT2D eigenvalue weighted by Gasteiger charge is -2.36. The van der Waals surface area contributed by atoms with Gasteiger partial charge in [0.05, 0.1) is 19.0 Å². The molecule has 0 bridgehead atoms. The van der Waals surface area contributed by atoms with E-state index >= 15 is 0 Å². The summed E-state index contributed by atoms with van der Waals surface area (Å²) in [5.74, 6) is 0.355. The number of rotatable bonds is 7. The normalized spacial score (nSPS) is 22.4. The van der Waals surface area contributed by atoms with Gasteiger partial charge in [-0.1, -0.05) is 45.0 Å². The summed E-state index contributed by atoms with van der Waals surface area (Å²) in [6.45, 7) is 13.0. The van der Waals surface area contributed by atoms with E-state index < -0.39 is 20.6 Å². The van der Waals surface area contributed by atoms with Crippen molar-refractivity contribution in [1.82, 2.24) is 19.5 Å². The van der Waals surface area contributed by atoms with Crippen molar-refractivity contribution in [1.29, 1.82) is 0 Å². The molecule has 1 aliphatic carbocycles. The van der Waals surface area contributed by atoms with Crippen LogP contribution in [0, 0.1) is 0 Å². The predicted molar refractivity (Wildman–Crippen MR) is 144 cm³/mol. The maximum atomic E-state index is 11.9. The number of imidazole rings is 1. The fourth-order valence-corrected chi connectivity index (χ4v) is 5.94. The van der Waals surface area contributed by atoms with E-state index in [1.165, 1.54) is 18.1 Å². The van der Waals surface area contributed by atoms with Crippen LogP contribution in [0.25, 0.3) is 11.2 Å². The van der Waals surface area contributed by atoms with Crippen molar-refractivity contribution < 1.29 is 18.7 Å². The molecular weight excluding hydrogens is 486 g/mol. The monoisotopic (exact) mass is 523 g/mol. The summed E-state index contributed by atoms with van der Waals surface area (Å²) in [6, 6.07) is 8.77. The van der Waals surface area contributed by atoms with Gasteiger partial charge in [0.25, 0.3) is 0 Å². The fourth-order valence-electron chi connectivity index (χ4n) is 4.90. The predicted octanol–water partition coefficient (Wildman–Crippen LogP) is 4.65. The SMILES string of the molecule is CC(=O)O[C@@H]1C[C@@H](CO[Si](C)(C)C(C)(C)C)O[C@H]1n1cnc2c(NC3Cc4ccccc4C3)ncnc21. The molecule has 37 heavy (non-hydrogen) atoms. The number of nitrogens with one attached hydrogen (secondary N) is 1. The third-order valence-corrected chi connectivity index (χ3v) is 12.4. The van der Waals surface area contributed by atoms with Gasteiger partial charge < -0.3 is 19.2 Å². The Kier molecular flexibility index (Phi) is 6.84. The number of hydrogen-bond acceptors (Lipinski definition) is 8. The van der Waals surface area contributed by atoms with E-state index in [9.17, 15) is 4.79 Å². The highest BCUT2D eigenvalue weighted by atomic mass is 28.4. The maximum Gasteiger partial charge on any atom is 0.303 e. The molecule has 1 aromatic carbocycles. The Balaban J connectivity index is 1.35. The number of carbonyl (C=O) groups excluding carboxylic acids is 1. The molecule has 0 amide bonds. The summed E-state index contributed by atoms with van der Waals surface area (Å²) in [7, 11) is -1.94. The molecule has 0 unspecified atom stereocenters. The number of esters is 1. The molecule has 1 fully saturated rings. The molecular formula is C27H37N5O4Si. The van der Waals surface area contributed by atoms with Crippen molar-refractivity contribution in [2.75, 3.05) is 11.9 Å². The lowest BCUT2D eigenvalue weighted by Crippen LogP contribution is -2.42. The van der Waals surface area contributed by atoms with Crippen LogP contribution in [0.5, 0.6) is 0 Å². The van der Waals surface area contributed by atoms with Gasteiger partial charge in [0.2, 0.25) is 0 Å². The zero-order chi connectivity index (χ0) is 26.4. The van der Waals surface area contributed by atoms with Crippen molar-refractivity contribution in [3.05, 3.63) is 48.0 Å². The smallest absolute Gasteiger partial charge is 0.303 e. The average molecular weight is 524 g/mol. The topological polar surface area (TPSA) is 100 Å². The van der Waals surface area contributed by atoms with Crippen molar-refractivity contribution in [3.63, 3.8) is 0 Å². The van der Waals surface area contributed by atoms with Gasteiger partial charge in [0, 0.05) is 19.4 Å². The van der Waals surface area contributed by atoms with E-state index in [1.807, 2.05) is 4.57 Å². The molecule has 0 radical (unpaired) electrons. The summed E-state index contributed by atoms with van der Waals surface area (Å²) in [5, 5.41) is 3.67. The van der Waals surface area contributed by atoms with E-state index in [1.54, 1.807) is 12.7 Å². The molecule has 3 aromatic rings. The van der Waals surface area contributed by atoms with Gasteiger partial charge in [0.1, 0.15) is 12.4 Å². The molecule has 0 spiro atoms. The number of anilines is 1. The minimum atomic E-state index is -1.94. The second kappa shape index (κ2) is 9.81. The maximum absolute atomic E-state index is 11.9. The number of ether oxygens (including phenoxy) is 2. The molecule has 0 saturated carbocycles. The highest BCUT2D eigenvalue weighted by molar-refractivity contribution is 6.74. The highest BCUT2D eigenvalue weighted by Crippen LogP contribution is 2.39. The molecule has 1 aliphatic heterocycles. The van der Waals surface area contributed by atoms with Crippen molar-refractivity contribution in [2.24, 2.45) is 0 Å². The molecule has 5 rings (SSSR count). The van der Waals surface area contributed by atoms with Gasteiger partial charge in [-0.05, 0) is 42.1 Å². The second-order valence-electron chi connectivity index (χ2n) is 11.7. The van der Waals surface area contributed by atoms with Gasteiger partial charge >= 0.3 is 5.97 Å². The van der Waals surface area contributed by atoms with Crippen LogP contribution in [-0.4, -0.2) is 58.7 Å². The van der Waals surface area contributed by atoms with Crippen LogP contribution in [0.2, 0.25) is 18.1 Å². The lowest BCUT2D eigenvalue weighted by atomic mass is 10.1. The summed E-state index contributed by atoms with van der Waals surface area (Å²) < 4.78 is 20.4. The summed E-state index contributed by atoms with van der Waals surface area (Å²) in [4.78, 5) is 25.6. The zero-order valence-corrected chi connectivity index (χ0v) is 23.5. The second-order valence-corrected chi connectivity index (χ2v) is 16.5. The first-order valence-corrected chi connectivity index (χ1v) is 15.9. The van der Waals surface area contributed by atoms with Gasteiger partial charge in [-0.2, -0.15) is 0 Å². The number of aromatic nitrogens is 4. The molecule has 2 aromatic heterocycles. The Morgan fingerprint density at radius 2 is 1.86 bits per heavy atom. The lowest BCUT2D eigenvalue weighted by molar-refractivity contribution is -0.152. The number of benzene rings is 1. The van der Waals surface area contributed by atoms with Crippen LogP contribution >= 0.6 is 0 Å². The van der Waals surface area contributed by atoms with Crippen LogP contribution in [0.3, 0.4) is 0 Å². The van der Waals surface area contributed by atoms with Crippen LogP contribution < -0.4 is 5.32 Å². The summed E-state index contributed by atoms with van der Waals surface area (Å²) in [6.07, 6.45) is 4.48. The number of carbonyl (C=O) groups is 1. The largest absolute Gasteiger partial charge is 0.458 e.